The number of pyridine rings is 1. The van der Waals surface area contributed by atoms with E-state index in [0.717, 1.165) is 37.9 Å². The Labute approximate surface area is 156 Å². The molecule has 0 spiro atoms. The molecule has 0 radical (unpaired) electrons. The van der Waals surface area contributed by atoms with Crippen LogP contribution < -0.4 is 5.32 Å². The van der Waals surface area contributed by atoms with E-state index in [1.165, 1.54) is 28.9 Å². The maximum absolute atomic E-state index is 13.1. The maximum Gasteiger partial charge on any atom is 0.417 e. The molecule has 0 saturated carbocycles. The summed E-state index contributed by atoms with van der Waals surface area (Å²) >= 11 is 0. The Hall–Kier alpha value is -2.31. The summed E-state index contributed by atoms with van der Waals surface area (Å²) < 4.78 is 40.5. The van der Waals surface area contributed by atoms with Crippen molar-refractivity contribution in [2.75, 3.05) is 6.54 Å². The normalized spacial score (nSPS) is 15.0. The van der Waals surface area contributed by atoms with Crippen LogP contribution in [0.3, 0.4) is 0 Å². The van der Waals surface area contributed by atoms with Gasteiger partial charge in [0.2, 0.25) is 0 Å². The fraction of sp³-hybridized carbons (Fsp3) is 0.500. The first-order chi connectivity index (χ1) is 12.9. The second kappa shape index (κ2) is 8.15. The topological polar surface area (TPSA) is 46.4 Å². The molecule has 0 unspecified atom stereocenters. The molecule has 2 aromatic rings. The zero-order valence-electron chi connectivity index (χ0n) is 15.4. The second-order valence-electron chi connectivity index (χ2n) is 6.91. The van der Waals surface area contributed by atoms with E-state index < -0.39 is 11.7 Å². The summed E-state index contributed by atoms with van der Waals surface area (Å²) in [5, 5.41) is 2.86. The monoisotopic (exact) mass is 379 g/mol. The quantitative estimate of drug-likeness (QED) is 0.724. The van der Waals surface area contributed by atoms with Crippen LogP contribution in [0.5, 0.6) is 0 Å². The Morgan fingerprint density at radius 2 is 2.07 bits per heavy atom. The number of carbonyl (C=O) groups excluding carboxylic acids is 1. The van der Waals surface area contributed by atoms with Gasteiger partial charge in [0.15, 0.2) is 0 Å². The Kier molecular flexibility index (Phi) is 5.87. The van der Waals surface area contributed by atoms with E-state index >= 15 is 0 Å². The molecule has 2 heterocycles. The zero-order chi connectivity index (χ0) is 19.4. The molecule has 146 valence electrons. The smallest absolute Gasteiger partial charge is 0.350 e. The number of halogens is 3. The van der Waals surface area contributed by atoms with Gasteiger partial charge >= 0.3 is 6.18 Å². The number of nitrogens with one attached hydrogen (secondary N) is 1. The molecule has 0 atom stereocenters. The van der Waals surface area contributed by atoms with E-state index in [0.29, 0.717) is 24.3 Å². The molecule has 27 heavy (non-hydrogen) atoms. The van der Waals surface area contributed by atoms with Gasteiger partial charge in [-0.2, -0.15) is 13.2 Å². The molecular weight excluding hydrogens is 355 g/mol. The summed E-state index contributed by atoms with van der Waals surface area (Å²) in [5.74, 6) is -0.373. The molecule has 4 nitrogen and oxygen atoms in total. The van der Waals surface area contributed by atoms with Gasteiger partial charge in [-0.1, -0.05) is 25.0 Å². The second-order valence-corrected chi connectivity index (χ2v) is 6.91. The van der Waals surface area contributed by atoms with Gasteiger partial charge in [0.25, 0.3) is 5.91 Å². The Morgan fingerprint density at radius 3 is 2.74 bits per heavy atom. The average Bonchev–Trinajstić information content (AvgIpc) is 2.99. The lowest BCUT2D eigenvalue weighted by Crippen LogP contribution is -2.27. The lowest BCUT2D eigenvalue weighted by molar-refractivity contribution is -0.137. The van der Waals surface area contributed by atoms with Gasteiger partial charge < -0.3 is 5.32 Å². The first-order valence-corrected chi connectivity index (χ1v) is 9.44. The number of alkyl halides is 3. The van der Waals surface area contributed by atoms with E-state index in [4.69, 9.17) is 0 Å². The van der Waals surface area contributed by atoms with Crippen molar-refractivity contribution in [3.05, 3.63) is 46.9 Å². The summed E-state index contributed by atoms with van der Waals surface area (Å²) in [6.07, 6.45) is 5.30. The average molecular weight is 379 g/mol. The van der Waals surface area contributed by atoms with Gasteiger partial charge in [-0.05, 0) is 50.7 Å². The zero-order valence-corrected chi connectivity index (χ0v) is 15.4. The van der Waals surface area contributed by atoms with Crippen molar-refractivity contribution in [3.63, 3.8) is 0 Å². The highest BCUT2D eigenvalue weighted by Crippen LogP contribution is 2.30. The highest BCUT2D eigenvalue weighted by Gasteiger charge is 2.31. The fourth-order valence-electron chi connectivity index (χ4n) is 3.46. The van der Waals surface area contributed by atoms with E-state index in [1.54, 1.807) is 0 Å². The van der Waals surface area contributed by atoms with Gasteiger partial charge in [-0.15, -0.1) is 0 Å². The molecule has 0 fully saturated rings. The predicted octanol–water partition coefficient (Wildman–Crippen LogP) is 4.93. The van der Waals surface area contributed by atoms with Crippen molar-refractivity contribution in [1.29, 1.82) is 0 Å². The lowest BCUT2D eigenvalue weighted by atomic mass is 9.97. The van der Waals surface area contributed by atoms with Crippen molar-refractivity contribution in [2.24, 2.45) is 0 Å². The molecule has 1 aliphatic carbocycles. The van der Waals surface area contributed by atoms with Crippen molar-refractivity contribution in [3.8, 4) is 0 Å². The molecule has 2 aromatic heterocycles. The molecule has 0 bridgehead atoms. The summed E-state index contributed by atoms with van der Waals surface area (Å²) in [6.45, 7) is 2.42. The van der Waals surface area contributed by atoms with Crippen LogP contribution in [0.25, 0.3) is 5.65 Å². The third-order valence-electron chi connectivity index (χ3n) is 4.84. The van der Waals surface area contributed by atoms with E-state index in [-0.39, 0.29) is 11.6 Å². The molecule has 3 rings (SSSR count). The number of carbonyl (C=O) groups is 1. The van der Waals surface area contributed by atoms with E-state index in [1.807, 2.05) is 6.92 Å². The van der Waals surface area contributed by atoms with Crippen LogP contribution in [0.15, 0.2) is 30.0 Å². The lowest BCUT2D eigenvalue weighted by Gasteiger charge is -2.13. The number of rotatable bonds is 6. The minimum Gasteiger partial charge on any atom is -0.350 e. The molecular formula is C20H24F3N3O. The van der Waals surface area contributed by atoms with Gasteiger partial charge in [-0.3, -0.25) is 9.20 Å². The molecule has 0 saturated heterocycles. The number of amides is 1. The number of aromatic nitrogens is 2. The molecule has 1 N–H and O–H groups in total. The number of hydrogen-bond donors (Lipinski definition) is 1. The molecule has 0 aliphatic heterocycles. The summed E-state index contributed by atoms with van der Waals surface area (Å²) in [6, 6.07) is 2.31. The van der Waals surface area contributed by atoms with Crippen LogP contribution in [0, 0.1) is 0 Å². The summed E-state index contributed by atoms with van der Waals surface area (Å²) in [5.41, 5.74) is 1.64. The number of nitrogens with zero attached hydrogens (tertiary/aromatic N) is 2. The first kappa shape index (κ1) is 19.5. The Bertz CT molecular complexity index is 852. The highest BCUT2D eigenvalue weighted by atomic mass is 19.4. The van der Waals surface area contributed by atoms with Crippen molar-refractivity contribution < 1.29 is 18.0 Å². The Balaban J connectivity index is 1.84. The summed E-state index contributed by atoms with van der Waals surface area (Å²) in [4.78, 5) is 17.1. The number of hydrogen-bond acceptors (Lipinski definition) is 2. The fourth-order valence-corrected chi connectivity index (χ4v) is 3.46. The number of aryl methyl sites for hydroxylation is 1. The van der Waals surface area contributed by atoms with E-state index in [9.17, 15) is 18.0 Å². The minimum absolute atomic E-state index is 0.204. The molecule has 1 aliphatic rings. The number of fused-ring (bicyclic) bond motifs is 1. The third-order valence-corrected chi connectivity index (χ3v) is 4.84. The first-order valence-electron chi connectivity index (χ1n) is 9.44. The van der Waals surface area contributed by atoms with Crippen LogP contribution in [0.2, 0.25) is 0 Å². The van der Waals surface area contributed by atoms with Crippen molar-refractivity contribution in [2.45, 2.75) is 58.0 Å². The standard InChI is InChI=1S/C20H24F3N3O/c1-2-6-16-18(19(27)24-12-11-14-7-4-3-5-8-14)26-13-15(20(21,22)23)9-10-17(26)25-16/h7,9-10,13H,2-6,8,11-12H2,1H3,(H,24,27). The van der Waals surface area contributed by atoms with Gasteiger partial charge in [0.1, 0.15) is 11.3 Å². The van der Waals surface area contributed by atoms with Crippen molar-refractivity contribution >= 4 is 11.6 Å². The minimum atomic E-state index is -4.47. The van der Waals surface area contributed by atoms with Crippen LogP contribution in [-0.2, 0) is 12.6 Å². The van der Waals surface area contributed by atoms with Crippen LogP contribution >= 0.6 is 0 Å². The van der Waals surface area contributed by atoms with Crippen LogP contribution in [0.1, 0.15) is 67.2 Å². The molecule has 0 aromatic carbocycles. The van der Waals surface area contributed by atoms with Gasteiger partial charge in [0.05, 0.1) is 11.3 Å². The predicted molar refractivity (Wildman–Crippen MR) is 97.7 cm³/mol. The molecule has 1 amide bonds. The Morgan fingerprint density at radius 1 is 1.26 bits per heavy atom. The van der Waals surface area contributed by atoms with E-state index in [2.05, 4.69) is 16.4 Å². The highest BCUT2D eigenvalue weighted by molar-refractivity contribution is 5.94. The SMILES string of the molecule is CCCc1nc2ccc(C(F)(F)F)cn2c1C(=O)NCCC1=CCCCC1. The third kappa shape index (κ3) is 4.51. The largest absolute Gasteiger partial charge is 0.417 e. The van der Waals surface area contributed by atoms with Crippen LogP contribution in [-0.4, -0.2) is 21.8 Å². The van der Waals surface area contributed by atoms with Crippen molar-refractivity contribution in [1.82, 2.24) is 14.7 Å². The summed E-state index contributed by atoms with van der Waals surface area (Å²) in [7, 11) is 0. The van der Waals surface area contributed by atoms with Gasteiger partial charge in [-0.25, -0.2) is 4.98 Å². The number of allylic oxidation sites excluding steroid dienone is 1. The number of imidazole rings is 1. The maximum atomic E-state index is 13.1. The molecule has 7 heteroatoms. The van der Waals surface area contributed by atoms with Crippen LogP contribution in [0.4, 0.5) is 13.2 Å². The van der Waals surface area contributed by atoms with Gasteiger partial charge in [0, 0.05) is 12.7 Å².